The number of imide groups is 1. The fraction of sp³-hybridized carbons (Fsp3) is 0.423. The normalized spacial score (nSPS) is 23.0. The first kappa shape index (κ1) is 26.2. The maximum absolute atomic E-state index is 13.4. The van der Waals surface area contributed by atoms with Gasteiger partial charge in [-0.2, -0.15) is 13.2 Å². The number of anilines is 1. The summed E-state index contributed by atoms with van der Waals surface area (Å²) in [5, 5.41) is 2.84. The highest BCUT2D eigenvalue weighted by molar-refractivity contribution is 7.91. The van der Waals surface area contributed by atoms with E-state index in [-0.39, 0.29) is 47.2 Å². The highest BCUT2D eigenvalue weighted by atomic mass is 32.2. The molecule has 0 spiro atoms. The summed E-state index contributed by atoms with van der Waals surface area (Å²) >= 11 is 0. The molecule has 8 nitrogen and oxygen atoms in total. The SMILES string of the molecule is O=C(N[C@H]1CCS(=O)(=O)C1)[C@H]1CCCN(c2cccc3c2C(=O)N(Cc2cccc(C(F)(F)F)c2)C3=O)C1. The van der Waals surface area contributed by atoms with Gasteiger partial charge in [0.15, 0.2) is 9.84 Å². The molecule has 2 fully saturated rings. The van der Waals surface area contributed by atoms with Gasteiger partial charge in [0, 0.05) is 19.1 Å². The summed E-state index contributed by atoms with van der Waals surface area (Å²) in [7, 11) is -3.14. The van der Waals surface area contributed by atoms with E-state index >= 15 is 0 Å². The van der Waals surface area contributed by atoms with E-state index in [0.717, 1.165) is 17.0 Å². The second kappa shape index (κ2) is 9.72. The van der Waals surface area contributed by atoms with Crippen molar-refractivity contribution in [3.63, 3.8) is 0 Å². The van der Waals surface area contributed by atoms with Crippen LogP contribution in [0.1, 0.15) is 51.1 Å². The van der Waals surface area contributed by atoms with Gasteiger partial charge in [-0.1, -0.05) is 18.2 Å². The van der Waals surface area contributed by atoms with Gasteiger partial charge in [-0.05, 0) is 49.1 Å². The Labute approximate surface area is 217 Å². The first-order chi connectivity index (χ1) is 17.9. The molecule has 2 atom stereocenters. The number of benzene rings is 2. The van der Waals surface area contributed by atoms with Crippen LogP contribution in [-0.2, 0) is 27.4 Å². The van der Waals surface area contributed by atoms with Gasteiger partial charge < -0.3 is 10.2 Å². The average Bonchev–Trinajstić information content (AvgIpc) is 3.34. The van der Waals surface area contributed by atoms with Crippen LogP contribution in [0.25, 0.3) is 0 Å². The summed E-state index contributed by atoms with van der Waals surface area (Å²) < 4.78 is 62.9. The summed E-state index contributed by atoms with van der Waals surface area (Å²) in [4.78, 5) is 42.2. The second-order valence-electron chi connectivity index (χ2n) is 9.99. The lowest BCUT2D eigenvalue weighted by molar-refractivity contribution is -0.137. The Kier molecular flexibility index (Phi) is 6.70. The topological polar surface area (TPSA) is 104 Å². The van der Waals surface area contributed by atoms with Crippen molar-refractivity contribution in [2.45, 2.75) is 38.0 Å². The molecule has 3 heterocycles. The van der Waals surface area contributed by atoms with Crippen molar-refractivity contribution in [1.82, 2.24) is 10.2 Å². The van der Waals surface area contributed by atoms with Crippen molar-refractivity contribution < 1.29 is 36.0 Å². The maximum atomic E-state index is 13.4. The molecule has 12 heteroatoms. The number of carbonyl (C=O) groups excluding carboxylic acids is 3. The van der Waals surface area contributed by atoms with E-state index in [1.165, 1.54) is 18.2 Å². The van der Waals surface area contributed by atoms with E-state index in [1.807, 2.05) is 4.90 Å². The minimum Gasteiger partial charge on any atom is -0.370 e. The summed E-state index contributed by atoms with van der Waals surface area (Å²) in [5.74, 6) is -1.86. The molecule has 0 aromatic heterocycles. The molecule has 38 heavy (non-hydrogen) atoms. The Morgan fingerprint density at radius 3 is 2.53 bits per heavy atom. The number of hydrogen-bond donors (Lipinski definition) is 1. The number of alkyl halides is 3. The van der Waals surface area contributed by atoms with Crippen LogP contribution in [0.3, 0.4) is 0 Å². The molecule has 0 unspecified atom stereocenters. The van der Waals surface area contributed by atoms with Crippen LogP contribution < -0.4 is 10.2 Å². The molecule has 0 bridgehead atoms. The minimum absolute atomic E-state index is 0.0536. The first-order valence-electron chi connectivity index (χ1n) is 12.3. The lowest BCUT2D eigenvalue weighted by Crippen LogP contribution is -2.46. The molecule has 0 radical (unpaired) electrons. The predicted molar refractivity (Wildman–Crippen MR) is 132 cm³/mol. The Bertz CT molecular complexity index is 1410. The van der Waals surface area contributed by atoms with Crippen LogP contribution in [-0.4, -0.2) is 61.7 Å². The number of nitrogens with one attached hydrogen (secondary N) is 1. The van der Waals surface area contributed by atoms with Crippen molar-refractivity contribution in [3.05, 3.63) is 64.7 Å². The number of fused-ring (bicyclic) bond motifs is 1. The summed E-state index contributed by atoms with van der Waals surface area (Å²) in [5.41, 5.74) is 0.155. The third kappa shape index (κ3) is 5.13. The maximum Gasteiger partial charge on any atom is 0.416 e. The number of halogens is 3. The molecule has 3 aliphatic rings. The monoisotopic (exact) mass is 549 g/mol. The Morgan fingerprint density at radius 1 is 1.05 bits per heavy atom. The summed E-state index contributed by atoms with van der Waals surface area (Å²) in [6, 6.07) is 8.96. The lowest BCUT2D eigenvalue weighted by atomic mass is 9.95. The number of sulfone groups is 1. The molecule has 0 saturated carbocycles. The average molecular weight is 550 g/mol. The van der Waals surface area contributed by atoms with Crippen molar-refractivity contribution in [3.8, 4) is 0 Å². The van der Waals surface area contributed by atoms with Gasteiger partial charge in [0.05, 0.1) is 46.3 Å². The van der Waals surface area contributed by atoms with Gasteiger partial charge in [-0.15, -0.1) is 0 Å². The Morgan fingerprint density at radius 2 is 1.82 bits per heavy atom. The van der Waals surface area contributed by atoms with Crippen molar-refractivity contribution in [2.24, 2.45) is 5.92 Å². The molecule has 0 aliphatic carbocycles. The van der Waals surface area contributed by atoms with Gasteiger partial charge in [-0.3, -0.25) is 19.3 Å². The molecule has 2 saturated heterocycles. The van der Waals surface area contributed by atoms with E-state index in [9.17, 15) is 36.0 Å². The molecule has 1 N–H and O–H groups in total. The van der Waals surface area contributed by atoms with Gasteiger partial charge >= 0.3 is 6.18 Å². The van der Waals surface area contributed by atoms with Crippen molar-refractivity contribution in [2.75, 3.05) is 29.5 Å². The van der Waals surface area contributed by atoms with Crippen LogP contribution in [0.4, 0.5) is 18.9 Å². The quantitative estimate of drug-likeness (QED) is 0.576. The first-order valence-corrected chi connectivity index (χ1v) is 14.2. The standard InChI is InChI=1S/C26H26F3N3O5S/c27-26(28,29)18-6-1-4-16(12-18)13-32-24(34)20-7-2-8-21(22(20)25(32)35)31-10-3-5-17(14-31)23(33)30-19-9-11-38(36,37)15-19/h1-2,4,6-8,12,17,19H,3,5,9-11,13-15H2,(H,30,33)/t17-,19-/m0/s1. The highest BCUT2D eigenvalue weighted by Gasteiger charge is 2.40. The van der Waals surface area contributed by atoms with Crippen LogP contribution >= 0.6 is 0 Å². The van der Waals surface area contributed by atoms with E-state index in [0.29, 0.717) is 31.5 Å². The lowest BCUT2D eigenvalue weighted by Gasteiger charge is -2.35. The summed E-state index contributed by atoms with van der Waals surface area (Å²) in [6.45, 7) is 0.537. The molecule has 3 aliphatic heterocycles. The van der Waals surface area contributed by atoms with E-state index in [1.54, 1.807) is 12.1 Å². The summed E-state index contributed by atoms with van der Waals surface area (Å²) in [6.07, 6.45) is -2.91. The van der Waals surface area contributed by atoms with Gasteiger partial charge in [0.1, 0.15) is 0 Å². The van der Waals surface area contributed by atoms with Crippen molar-refractivity contribution in [1.29, 1.82) is 0 Å². The number of carbonyl (C=O) groups is 3. The van der Waals surface area contributed by atoms with Gasteiger partial charge in [-0.25, -0.2) is 8.42 Å². The molecule has 2 aromatic carbocycles. The number of piperidine rings is 1. The molecule has 5 rings (SSSR count). The third-order valence-electron chi connectivity index (χ3n) is 7.28. The fourth-order valence-corrected chi connectivity index (χ4v) is 7.06. The van der Waals surface area contributed by atoms with Crippen LogP contribution in [0.2, 0.25) is 0 Å². The van der Waals surface area contributed by atoms with E-state index in [2.05, 4.69) is 5.32 Å². The second-order valence-corrected chi connectivity index (χ2v) is 12.2. The van der Waals surface area contributed by atoms with Crippen LogP contribution in [0, 0.1) is 5.92 Å². The van der Waals surface area contributed by atoms with Crippen LogP contribution in [0.15, 0.2) is 42.5 Å². The Hall–Kier alpha value is -3.41. The largest absolute Gasteiger partial charge is 0.416 e. The van der Waals surface area contributed by atoms with Crippen LogP contribution in [0.5, 0.6) is 0 Å². The molecule has 202 valence electrons. The molecule has 2 aromatic rings. The number of nitrogens with zero attached hydrogens (tertiary/aromatic N) is 2. The number of hydrogen-bond acceptors (Lipinski definition) is 6. The molecule has 3 amide bonds. The predicted octanol–water partition coefficient (Wildman–Crippen LogP) is 3.02. The molecular formula is C26H26F3N3O5S. The minimum atomic E-state index is -4.55. The number of rotatable bonds is 5. The highest BCUT2D eigenvalue weighted by Crippen LogP contribution is 2.35. The van der Waals surface area contributed by atoms with E-state index in [4.69, 9.17) is 0 Å². The van der Waals surface area contributed by atoms with Gasteiger partial charge in [0.25, 0.3) is 11.8 Å². The van der Waals surface area contributed by atoms with Gasteiger partial charge in [0.2, 0.25) is 5.91 Å². The fourth-order valence-electron chi connectivity index (χ4n) is 5.39. The van der Waals surface area contributed by atoms with Crippen molar-refractivity contribution >= 4 is 33.2 Å². The smallest absolute Gasteiger partial charge is 0.370 e. The zero-order valence-electron chi connectivity index (χ0n) is 20.3. The Balaban J connectivity index is 1.33. The zero-order valence-corrected chi connectivity index (χ0v) is 21.1. The van der Waals surface area contributed by atoms with E-state index < -0.39 is 45.4 Å². The third-order valence-corrected chi connectivity index (χ3v) is 9.05. The molecular weight excluding hydrogens is 523 g/mol. The zero-order chi connectivity index (χ0) is 27.2. The number of amides is 3.